The van der Waals surface area contributed by atoms with Gasteiger partial charge in [-0.25, -0.2) is 4.98 Å². The topological polar surface area (TPSA) is 85.7 Å². The van der Waals surface area contributed by atoms with Crippen LogP contribution in [0.25, 0.3) is 0 Å². The summed E-state index contributed by atoms with van der Waals surface area (Å²) in [5.41, 5.74) is 0. The zero-order valence-electron chi connectivity index (χ0n) is 6.15. The second-order valence-corrected chi connectivity index (χ2v) is 3.29. The van der Waals surface area contributed by atoms with Gasteiger partial charge < -0.3 is 4.18 Å². The van der Waals surface area contributed by atoms with Crippen LogP contribution >= 0.6 is 0 Å². The molecule has 0 spiro atoms. The summed E-state index contributed by atoms with van der Waals surface area (Å²) in [6.07, 6.45) is 1.42. The first-order valence-electron chi connectivity index (χ1n) is 2.99. The third-order valence-corrected chi connectivity index (χ3v) is 2.12. The molecule has 0 aliphatic carbocycles. The molecule has 8 heteroatoms. The minimum atomic E-state index is -2.62. The van der Waals surface area contributed by atoms with Gasteiger partial charge in [-0.15, -0.1) is 3.63 Å². The maximum atomic E-state index is 10.7. The van der Waals surface area contributed by atoms with E-state index in [1.165, 1.54) is 12.3 Å². The van der Waals surface area contributed by atoms with Crippen molar-refractivity contribution in [2.45, 2.75) is 0 Å². The van der Waals surface area contributed by atoms with Crippen LogP contribution in [-0.4, -0.2) is 18.0 Å². The molecule has 2 unspecified atom stereocenters. The highest BCUT2D eigenvalue weighted by Crippen LogP contribution is 2.05. The summed E-state index contributed by atoms with van der Waals surface area (Å²) in [4.78, 5) is 3.65. The van der Waals surface area contributed by atoms with Gasteiger partial charge in [-0.2, -0.15) is 8.42 Å². The maximum absolute atomic E-state index is 10.7. The van der Waals surface area contributed by atoms with Crippen LogP contribution in [0.5, 0.6) is 5.88 Å². The molecule has 1 heterocycles. The third-order valence-electron chi connectivity index (χ3n) is 0.905. The molecule has 0 fully saturated rings. The smallest absolute Gasteiger partial charge is 0.358 e. The van der Waals surface area contributed by atoms with Gasteiger partial charge in [0.2, 0.25) is 5.88 Å². The fraction of sp³-hybridized carbons (Fsp3) is 0. The van der Waals surface area contributed by atoms with Gasteiger partial charge in [0.1, 0.15) is 0 Å². The van der Waals surface area contributed by atoms with Crippen molar-refractivity contribution < 1.29 is 20.8 Å². The van der Waals surface area contributed by atoms with Crippen LogP contribution in [0.1, 0.15) is 0 Å². The van der Waals surface area contributed by atoms with Gasteiger partial charge in [0, 0.05) is 12.3 Å². The van der Waals surface area contributed by atoms with Gasteiger partial charge >= 0.3 is 22.7 Å². The normalized spacial score (nSPS) is 14.8. The molecule has 0 saturated heterocycles. The van der Waals surface area contributed by atoms with Gasteiger partial charge in [0.05, 0.1) is 0 Å². The van der Waals surface area contributed by atoms with Crippen LogP contribution in [-0.2, 0) is 26.4 Å². The van der Waals surface area contributed by atoms with E-state index in [1.807, 2.05) is 0 Å². The zero-order valence-corrected chi connectivity index (χ0v) is 7.79. The Hall–Kier alpha value is -0.830. The molecule has 1 aromatic rings. The number of aromatic nitrogens is 1. The summed E-state index contributed by atoms with van der Waals surface area (Å²) in [6.45, 7) is 0. The Morgan fingerprint density at radius 3 is 2.69 bits per heavy atom. The number of pyridine rings is 1. The highest BCUT2D eigenvalue weighted by atomic mass is 32.3. The zero-order chi connectivity index (χ0) is 9.68. The van der Waals surface area contributed by atoms with E-state index in [4.69, 9.17) is 4.55 Å². The lowest BCUT2D eigenvalue weighted by molar-refractivity contribution is 0.426. The number of hydrogen-bond donors (Lipinski definition) is 1. The van der Waals surface area contributed by atoms with Crippen molar-refractivity contribution in [3.8, 4) is 5.88 Å². The molecule has 0 saturated carbocycles. The van der Waals surface area contributed by atoms with Crippen molar-refractivity contribution in [3.05, 3.63) is 24.4 Å². The van der Waals surface area contributed by atoms with Crippen LogP contribution in [0.2, 0.25) is 0 Å². The van der Waals surface area contributed by atoms with Crippen molar-refractivity contribution in [1.82, 2.24) is 4.98 Å². The molecule has 6 nitrogen and oxygen atoms in total. The first kappa shape index (κ1) is 10.3. The van der Waals surface area contributed by atoms with Crippen molar-refractivity contribution in [1.29, 1.82) is 0 Å². The van der Waals surface area contributed by atoms with E-state index in [0.717, 1.165) is 0 Å². The molecule has 0 aromatic carbocycles. The Kier molecular flexibility index (Phi) is 3.96. The van der Waals surface area contributed by atoms with Gasteiger partial charge in [-0.05, 0) is 6.07 Å². The summed E-state index contributed by atoms with van der Waals surface area (Å²) in [7, 11) is 0. The molecule has 0 amide bonds. The molecular formula is C5H5NO5S2. The van der Waals surface area contributed by atoms with Crippen molar-refractivity contribution in [3.63, 3.8) is 0 Å². The predicted octanol–water partition coefficient (Wildman–Crippen LogP) is 0.192. The number of nitrogens with zero attached hydrogens (tertiary/aromatic N) is 1. The molecule has 72 valence electrons. The van der Waals surface area contributed by atoms with E-state index in [1.54, 1.807) is 12.1 Å². The first-order chi connectivity index (χ1) is 6.18. The summed E-state index contributed by atoms with van der Waals surface area (Å²) < 4.78 is 37.3. The largest absolute Gasteiger partial charge is 0.377 e. The Bertz CT molecular complexity index is 316. The van der Waals surface area contributed by atoms with E-state index < -0.39 is 22.7 Å². The highest BCUT2D eigenvalue weighted by molar-refractivity contribution is 7.88. The van der Waals surface area contributed by atoms with Gasteiger partial charge in [0.25, 0.3) is 0 Å². The lowest BCUT2D eigenvalue weighted by Crippen LogP contribution is -2.07. The fourth-order valence-corrected chi connectivity index (χ4v) is 1.26. The summed E-state index contributed by atoms with van der Waals surface area (Å²) in [5.74, 6) is 0.0475. The number of hydrogen-bond acceptors (Lipinski definition) is 5. The molecule has 0 radical (unpaired) electrons. The van der Waals surface area contributed by atoms with Crippen LogP contribution in [0, 0.1) is 0 Å². The Morgan fingerprint density at radius 1 is 1.38 bits per heavy atom. The summed E-state index contributed by atoms with van der Waals surface area (Å²) in [5, 5.41) is 0. The Balaban J connectivity index is 2.50. The van der Waals surface area contributed by atoms with Crippen LogP contribution < -0.4 is 4.18 Å². The maximum Gasteiger partial charge on any atom is 0.377 e. The predicted molar refractivity (Wildman–Crippen MR) is 44.9 cm³/mol. The van der Waals surface area contributed by atoms with Gasteiger partial charge in [-0.1, -0.05) is 6.07 Å². The summed E-state index contributed by atoms with van der Waals surface area (Å²) >= 11 is -4.94. The molecular weight excluding hydrogens is 218 g/mol. The molecule has 13 heavy (non-hydrogen) atoms. The summed E-state index contributed by atoms with van der Waals surface area (Å²) in [6, 6.07) is 4.68. The van der Waals surface area contributed by atoms with E-state index in [2.05, 4.69) is 12.8 Å². The van der Waals surface area contributed by atoms with E-state index in [9.17, 15) is 8.42 Å². The standard InChI is InChI=1S/C5H5NO5S2/c7-12(8)11-13(9)10-5-3-1-2-4-6-5/h1-4H,(H,7,8). The van der Waals surface area contributed by atoms with Crippen LogP contribution in [0.15, 0.2) is 24.4 Å². The van der Waals surface area contributed by atoms with Crippen molar-refractivity contribution in [2.75, 3.05) is 0 Å². The first-order valence-corrected chi connectivity index (χ1v) is 5.02. The second-order valence-electron chi connectivity index (χ2n) is 1.74. The van der Waals surface area contributed by atoms with Crippen molar-refractivity contribution >= 4 is 22.7 Å². The lowest BCUT2D eigenvalue weighted by atomic mass is 10.5. The molecule has 1 aromatic heterocycles. The Morgan fingerprint density at radius 2 is 2.15 bits per heavy atom. The lowest BCUT2D eigenvalue weighted by Gasteiger charge is -1.99. The van der Waals surface area contributed by atoms with Crippen LogP contribution in [0.4, 0.5) is 0 Å². The molecule has 1 rings (SSSR count). The second kappa shape index (κ2) is 5.02. The monoisotopic (exact) mass is 223 g/mol. The third kappa shape index (κ3) is 4.08. The average Bonchev–Trinajstić information content (AvgIpc) is 2.04. The molecule has 0 aliphatic rings. The molecule has 2 atom stereocenters. The van der Waals surface area contributed by atoms with E-state index in [-0.39, 0.29) is 5.88 Å². The minimum absolute atomic E-state index is 0.0475. The molecule has 1 N–H and O–H groups in total. The molecule has 0 bridgehead atoms. The quantitative estimate of drug-likeness (QED) is 0.733. The SMILES string of the molecule is O=S(O)OS(=O)Oc1ccccn1. The molecule has 0 aliphatic heterocycles. The van der Waals surface area contributed by atoms with Gasteiger partial charge in [0.15, 0.2) is 0 Å². The minimum Gasteiger partial charge on any atom is -0.358 e. The van der Waals surface area contributed by atoms with E-state index in [0.29, 0.717) is 0 Å². The van der Waals surface area contributed by atoms with E-state index >= 15 is 0 Å². The van der Waals surface area contributed by atoms with Crippen molar-refractivity contribution in [2.24, 2.45) is 0 Å². The van der Waals surface area contributed by atoms with Gasteiger partial charge in [-0.3, -0.25) is 4.55 Å². The average molecular weight is 223 g/mol. The highest BCUT2D eigenvalue weighted by Gasteiger charge is 2.07. The Labute approximate surface area is 79.3 Å². The fourth-order valence-electron chi connectivity index (χ4n) is 0.528. The van der Waals surface area contributed by atoms with Crippen LogP contribution in [0.3, 0.4) is 0 Å². The number of rotatable bonds is 4.